The number of hydrogen-bond acceptors (Lipinski definition) is 6. The molecule has 0 aromatic rings. The lowest BCUT2D eigenvalue weighted by molar-refractivity contribution is -0.197. The molecule has 238 valence electrons. The van der Waals surface area contributed by atoms with Crippen LogP contribution in [0.4, 0.5) is 26.3 Å². The van der Waals surface area contributed by atoms with Crippen LogP contribution in [0, 0.1) is 17.3 Å². The molecule has 0 unspecified atom stereocenters. The topological polar surface area (TPSA) is 142 Å². The molecule has 17 heteroatoms. The average molecular weight is 633 g/mol. The highest BCUT2D eigenvalue weighted by Gasteiger charge is 2.61. The van der Waals surface area contributed by atoms with Gasteiger partial charge in [0, 0.05) is 31.2 Å². The van der Waals surface area contributed by atoms with E-state index < -0.39 is 98.6 Å². The van der Waals surface area contributed by atoms with E-state index in [9.17, 15) is 45.2 Å². The van der Waals surface area contributed by atoms with Gasteiger partial charge in [-0.2, -0.15) is 17.6 Å². The second-order valence-electron chi connectivity index (χ2n) is 12.1. The van der Waals surface area contributed by atoms with Gasteiger partial charge in [-0.25, -0.2) is 17.2 Å². The average Bonchev–Trinajstić information content (AvgIpc) is 3.22. The smallest absolute Gasteiger partial charge is 0.356 e. The molecule has 3 aliphatic heterocycles. The van der Waals surface area contributed by atoms with Crippen LogP contribution in [0.2, 0.25) is 0 Å². The van der Waals surface area contributed by atoms with Crippen molar-refractivity contribution in [1.82, 2.24) is 20.9 Å². The van der Waals surface area contributed by atoms with Crippen LogP contribution < -0.4 is 16.0 Å². The first-order chi connectivity index (χ1) is 19.0. The standard InChI is InChI=1S/C25H34F6N4O6S/c1-23(2,3)18(34-22(39)25(29,30)31)21(38)35-14-5-6-15(24(27,28)11-14)17(35)20(37)33-13(10-16(26)42(4,40)41)9-12-7-8-32-19(12)36/h10,12-15,17-18H,5-9,11H2,1-4H3,(H,32,36)(H,33,37)(H,34,39)/b16-10+/t12-,13+,14-,15-,17+,18+/m1/s1. The highest BCUT2D eigenvalue weighted by Crippen LogP contribution is 2.49. The van der Waals surface area contributed by atoms with Gasteiger partial charge in [0.1, 0.15) is 12.1 Å². The Morgan fingerprint density at radius 3 is 2.21 bits per heavy atom. The summed E-state index contributed by atoms with van der Waals surface area (Å²) in [6.45, 7) is 4.31. The lowest BCUT2D eigenvalue weighted by atomic mass is 9.70. The number of piperidine rings is 2. The van der Waals surface area contributed by atoms with Crippen molar-refractivity contribution in [2.75, 3.05) is 12.8 Å². The molecule has 0 radical (unpaired) electrons. The zero-order chi connectivity index (χ0) is 32.0. The minimum absolute atomic E-state index is 0.00808. The van der Waals surface area contributed by atoms with E-state index in [4.69, 9.17) is 0 Å². The summed E-state index contributed by atoms with van der Waals surface area (Å²) in [6, 6.07) is -6.56. The summed E-state index contributed by atoms with van der Waals surface area (Å²) in [5.41, 5.74) is -1.35. The predicted molar refractivity (Wildman–Crippen MR) is 136 cm³/mol. The Labute approximate surface area is 238 Å². The van der Waals surface area contributed by atoms with Crippen molar-refractivity contribution in [2.45, 2.75) is 89.1 Å². The van der Waals surface area contributed by atoms with E-state index in [0.29, 0.717) is 12.3 Å². The van der Waals surface area contributed by atoms with Crippen LogP contribution in [0.3, 0.4) is 0 Å². The summed E-state index contributed by atoms with van der Waals surface area (Å²) in [5.74, 6) is -11.3. The molecular weight excluding hydrogens is 598 g/mol. The number of rotatable bonds is 8. The summed E-state index contributed by atoms with van der Waals surface area (Å²) in [6.07, 6.45) is -5.38. The zero-order valence-electron chi connectivity index (χ0n) is 23.4. The first-order valence-corrected chi connectivity index (χ1v) is 15.2. The Hall–Kier alpha value is -2.85. The Morgan fingerprint density at radius 1 is 1.12 bits per heavy atom. The maximum Gasteiger partial charge on any atom is 0.471 e. The van der Waals surface area contributed by atoms with Crippen LogP contribution in [0.15, 0.2) is 11.2 Å². The number of carbonyl (C=O) groups is 4. The summed E-state index contributed by atoms with van der Waals surface area (Å²) >= 11 is 0. The van der Waals surface area contributed by atoms with Gasteiger partial charge in [-0.1, -0.05) is 20.8 Å². The molecule has 4 aliphatic rings. The van der Waals surface area contributed by atoms with Crippen molar-refractivity contribution in [3.8, 4) is 0 Å². The minimum Gasteiger partial charge on any atom is -0.356 e. The van der Waals surface area contributed by atoms with Gasteiger partial charge in [0.2, 0.25) is 32.7 Å². The van der Waals surface area contributed by atoms with Crippen molar-refractivity contribution in [1.29, 1.82) is 0 Å². The zero-order valence-corrected chi connectivity index (χ0v) is 24.2. The first kappa shape index (κ1) is 33.6. The quantitative estimate of drug-likeness (QED) is 0.350. The highest BCUT2D eigenvalue weighted by molar-refractivity contribution is 7.94. The molecule has 4 fully saturated rings. The second kappa shape index (κ2) is 11.7. The predicted octanol–water partition coefficient (Wildman–Crippen LogP) is 1.96. The number of alkyl halides is 5. The monoisotopic (exact) mass is 632 g/mol. The van der Waals surface area contributed by atoms with Gasteiger partial charge >= 0.3 is 12.1 Å². The van der Waals surface area contributed by atoms with Gasteiger partial charge in [-0.15, -0.1) is 0 Å². The van der Waals surface area contributed by atoms with Crippen LogP contribution in [0.1, 0.15) is 52.9 Å². The molecule has 3 saturated heterocycles. The molecule has 10 nitrogen and oxygen atoms in total. The molecule has 3 heterocycles. The normalized spacial score (nSPS) is 27.7. The molecular formula is C25H34F6N4O6S. The van der Waals surface area contributed by atoms with E-state index in [-0.39, 0.29) is 32.2 Å². The van der Waals surface area contributed by atoms with Crippen molar-refractivity contribution in [3.63, 3.8) is 0 Å². The molecule has 42 heavy (non-hydrogen) atoms. The van der Waals surface area contributed by atoms with Crippen molar-refractivity contribution >= 4 is 33.5 Å². The van der Waals surface area contributed by atoms with E-state index in [1.54, 1.807) is 5.32 Å². The molecule has 6 atom stereocenters. The third-order valence-corrected chi connectivity index (χ3v) is 8.66. The summed E-state index contributed by atoms with van der Waals surface area (Å²) in [4.78, 5) is 52.0. The van der Waals surface area contributed by atoms with Crippen molar-refractivity contribution in [2.24, 2.45) is 17.3 Å². The highest BCUT2D eigenvalue weighted by atomic mass is 32.2. The molecule has 0 aromatic heterocycles. The number of carbonyl (C=O) groups excluding carboxylic acids is 4. The van der Waals surface area contributed by atoms with Gasteiger partial charge < -0.3 is 20.9 Å². The lowest BCUT2D eigenvalue weighted by Gasteiger charge is -2.55. The third kappa shape index (κ3) is 7.37. The van der Waals surface area contributed by atoms with Gasteiger partial charge in [0.05, 0.1) is 12.0 Å². The van der Waals surface area contributed by atoms with E-state index >= 15 is 8.78 Å². The maximum absolute atomic E-state index is 15.1. The van der Waals surface area contributed by atoms with Crippen LogP contribution in [-0.2, 0) is 29.0 Å². The first-order valence-electron chi connectivity index (χ1n) is 13.3. The van der Waals surface area contributed by atoms with Crippen molar-refractivity contribution < 1.29 is 53.9 Å². The maximum atomic E-state index is 15.1. The van der Waals surface area contributed by atoms with E-state index in [1.165, 1.54) is 20.8 Å². The fourth-order valence-electron chi connectivity index (χ4n) is 5.73. The Kier molecular flexibility index (Phi) is 9.36. The van der Waals surface area contributed by atoms with E-state index in [2.05, 4.69) is 10.6 Å². The van der Waals surface area contributed by atoms with E-state index in [1.807, 2.05) is 0 Å². The van der Waals surface area contributed by atoms with Crippen LogP contribution in [0.5, 0.6) is 0 Å². The number of sulfone groups is 1. The Balaban J connectivity index is 2.00. The molecule has 1 saturated carbocycles. The van der Waals surface area contributed by atoms with E-state index in [0.717, 1.165) is 4.90 Å². The SMILES string of the molecule is CC(C)(C)[C@@H](NC(=O)C(F)(F)F)C(=O)N1[C@@H]2CC[C@H]([C@H]1C(=O)N[C@H](/C=C(\F)S(C)(=O)=O)C[C@H]1CCNC1=O)C(F)(F)C2. The number of amides is 4. The summed E-state index contributed by atoms with van der Waals surface area (Å²) in [7, 11) is -4.38. The largest absolute Gasteiger partial charge is 0.471 e. The fourth-order valence-corrected chi connectivity index (χ4v) is 6.14. The number of hydrogen-bond donors (Lipinski definition) is 3. The van der Waals surface area contributed by atoms with Gasteiger partial charge in [-0.3, -0.25) is 19.2 Å². The van der Waals surface area contributed by atoms with Crippen LogP contribution >= 0.6 is 0 Å². The molecule has 0 spiro atoms. The lowest BCUT2D eigenvalue weighted by Crippen LogP contribution is -2.71. The number of halogens is 6. The molecule has 4 amide bonds. The third-order valence-electron chi connectivity index (χ3n) is 7.82. The molecule has 2 bridgehead atoms. The number of nitrogens with zero attached hydrogens (tertiary/aromatic N) is 1. The molecule has 3 N–H and O–H groups in total. The van der Waals surface area contributed by atoms with Gasteiger partial charge in [0.25, 0.3) is 5.92 Å². The molecule has 0 aromatic carbocycles. The van der Waals surface area contributed by atoms with Gasteiger partial charge in [0.15, 0.2) is 0 Å². The second-order valence-corrected chi connectivity index (χ2v) is 14.1. The molecule has 1 aliphatic carbocycles. The van der Waals surface area contributed by atoms with Gasteiger partial charge in [-0.05, 0) is 37.2 Å². The summed E-state index contributed by atoms with van der Waals surface area (Å²) < 4.78 is 107. The minimum atomic E-state index is -5.36. The summed E-state index contributed by atoms with van der Waals surface area (Å²) in [5, 5.41) is 4.81. The number of nitrogens with one attached hydrogen (secondary N) is 3. The van der Waals surface area contributed by atoms with Crippen molar-refractivity contribution in [3.05, 3.63) is 11.2 Å². The Morgan fingerprint density at radius 2 is 1.74 bits per heavy atom. The van der Waals surface area contributed by atoms with Crippen LogP contribution in [-0.4, -0.2) is 86.0 Å². The Bertz CT molecular complexity index is 1250. The fraction of sp³-hybridized carbons (Fsp3) is 0.760. The molecule has 4 rings (SSSR count). The van der Waals surface area contributed by atoms with Crippen LogP contribution in [0.25, 0.3) is 0 Å². The number of fused-ring (bicyclic) bond motifs is 3.